The highest BCUT2D eigenvalue weighted by atomic mass is 16.3. The minimum atomic E-state index is 0.146. The van der Waals surface area contributed by atoms with E-state index in [1.165, 1.54) is 6.42 Å². The highest BCUT2D eigenvalue weighted by molar-refractivity contribution is 5.51. The molecular formula is C15H22N2O2. The molecule has 2 aromatic carbocycles. The number of nitrogen functional groups attached to an aromatic ring is 2. The van der Waals surface area contributed by atoms with Crippen LogP contribution < -0.4 is 11.5 Å². The summed E-state index contributed by atoms with van der Waals surface area (Å²) in [6.07, 6.45) is 1.25. The summed E-state index contributed by atoms with van der Waals surface area (Å²) in [4.78, 5) is 0. The molecule has 0 unspecified atom stereocenters. The molecule has 0 atom stereocenters. The van der Waals surface area contributed by atoms with E-state index in [2.05, 4.69) is 13.8 Å². The van der Waals surface area contributed by atoms with Crippen LogP contribution in [0, 0.1) is 0 Å². The number of nitrogens with two attached hydrogens (primary N) is 2. The molecule has 0 saturated carbocycles. The zero-order valence-corrected chi connectivity index (χ0v) is 11.4. The van der Waals surface area contributed by atoms with Gasteiger partial charge in [-0.25, -0.2) is 0 Å². The van der Waals surface area contributed by atoms with Crippen molar-refractivity contribution < 1.29 is 10.2 Å². The Balaban J connectivity index is 0.000000284. The standard InChI is InChI=1S/2C6H7NO.C3H8/c2*7-5-3-1-2-4-6(5)8;1-3-2/h2*1-4,8H,7H2;3H2,1-2H3. The average Bonchev–Trinajstić information content (AvgIpc) is 2.38. The van der Waals surface area contributed by atoms with Crippen molar-refractivity contribution in [2.24, 2.45) is 0 Å². The molecule has 0 fully saturated rings. The second kappa shape index (κ2) is 9.65. The molecule has 4 nitrogen and oxygen atoms in total. The van der Waals surface area contributed by atoms with E-state index in [0.717, 1.165) is 0 Å². The molecule has 0 radical (unpaired) electrons. The van der Waals surface area contributed by atoms with Crippen molar-refractivity contribution >= 4 is 11.4 Å². The molecule has 0 aromatic heterocycles. The van der Waals surface area contributed by atoms with Crippen LogP contribution in [0.25, 0.3) is 0 Å². The Kier molecular flexibility index (Phi) is 8.45. The summed E-state index contributed by atoms with van der Waals surface area (Å²) in [5, 5.41) is 17.6. The first-order valence-electron chi connectivity index (χ1n) is 6.09. The summed E-state index contributed by atoms with van der Waals surface area (Å²) in [6.45, 7) is 4.25. The third kappa shape index (κ3) is 7.54. The quantitative estimate of drug-likeness (QED) is 0.432. The number of phenolic OH excluding ortho intramolecular Hbond substituents is 2. The summed E-state index contributed by atoms with van der Waals surface area (Å²) < 4.78 is 0. The van der Waals surface area contributed by atoms with Crippen LogP contribution >= 0.6 is 0 Å². The smallest absolute Gasteiger partial charge is 0.138 e. The first kappa shape index (κ1) is 16.6. The second-order valence-corrected chi connectivity index (χ2v) is 3.82. The number of rotatable bonds is 0. The third-order valence-electron chi connectivity index (χ3n) is 1.87. The molecule has 104 valence electrons. The van der Waals surface area contributed by atoms with Crippen molar-refractivity contribution in [3.05, 3.63) is 48.5 Å². The molecule has 6 N–H and O–H groups in total. The molecular weight excluding hydrogens is 240 g/mol. The fourth-order valence-corrected chi connectivity index (χ4v) is 0.975. The minimum Gasteiger partial charge on any atom is -0.506 e. The van der Waals surface area contributed by atoms with Gasteiger partial charge in [-0.15, -0.1) is 0 Å². The maximum atomic E-state index is 8.79. The van der Waals surface area contributed by atoms with Gasteiger partial charge in [-0.05, 0) is 24.3 Å². The lowest BCUT2D eigenvalue weighted by Crippen LogP contribution is -1.82. The fraction of sp³-hybridized carbons (Fsp3) is 0.200. The van der Waals surface area contributed by atoms with Gasteiger partial charge in [-0.3, -0.25) is 0 Å². The van der Waals surface area contributed by atoms with Gasteiger partial charge in [0.1, 0.15) is 11.5 Å². The molecule has 19 heavy (non-hydrogen) atoms. The van der Waals surface area contributed by atoms with Crippen molar-refractivity contribution in [2.75, 3.05) is 11.5 Å². The van der Waals surface area contributed by atoms with Crippen LogP contribution in [-0.4, -0.2) is 10.2 Å². The van der Waals surface area contributed by atoms with Gasteiger partial charge in [0, 0.05) is 0 Å². The molecule has 0 aliphatic heterocycles. The van der Waals surface area contributed by atoms with Crippen LogP contribution in [0.2, 0.25) is 0 Å². The Hall–Kier alpha value is -2.36. The SMILES string of the molecule is CCC.Nc1ccccc1O.Nc1ccccc1O. The number of aromatic hydroxyl groups is 2. The molecule has 0 spiro atoms. The summed E-state index contributed by atoms with van der Waals surface area (Å²) >= 11 is 0. The Bertz CT molecular complexity index is 388. The van der Waals surface area contributed by atoms with Crippen LogP contribution in [0.4, 0.5) is 11.4 Å². The number of phenols is 2. The van der Waals surface area contributed by atoms with Crippen LogP contribution in [-0.2, 0) is 0 Å². The van der Waals surface area contributed by atoms with Crippen LogP contribution in [0.5, 0.6) is 11.5 Å². The van der Waals surface area contributed by atoms with E-state index >= 15 is 0 Å². The second-order valence-electron chi connectivity index (χ2n) is 3.82. The van der Waals surface area contributed by atoms with Gasteiger partial charge in [0.05, 0.1) is 11.4 Å². The normalized spacial score (nSPS) is 8.53. The van der Waals surface area contributed by atoms with Crippen LogP contribution in [0.15, 0.2) is 48.5 Å². The number of anilines is 2. The number of hydrogen-bond donors (Lipinski definition) is 4. The lowest BCUT2D eigenvalue weighted by molar-refractivity contribution is 0.477. The largest absolute Gasteiger partial charge is 0.506 e. The monoisotopic (exact) mass is 262 g/mol. The summed E-state index contributed by atoms with van der Waals surface area (Å²) in [5.74, 6) is 0.292. The van der Waals surface area contributed by atoms with Gasteiger partial charge in [0.15, 0.2) is 0 Å². The maximum absolute atomic E-state index is 8.79. The molecule has 0 saturated heterocycles. The first-order chi connectivity index (χ1) is 9.02. The molecule has 2 rings (SSSR count). The van der Waals surface area contributed by atoms with Crippen molar-refractivity contribution in [2.45, 2.75) is 20.3 Å². The lowest BCUT2D eigenvalue weighted by Gasteiger charge is -1.92. The minimum absolute atomic E-state index is 0.146. The molecule has 4 heteroatoms. The van der Waals surface area contributed by atoms with Crippen LogP contribution in [0.1, 0.15) is 20.3 Å². The van der Waals surface area contributed by atoms with E-state index in [9.17, 15) is 0 Å². The van der Waals surface area contributed by atoms with Gasteiger partial charge >= 0.3 is 0 Å². The predicted molar refractivity (Wildman–Crippen MR) is 81.0 cm³/mol. The van der Waals surface area contributed by atoms with E-state index in [1.807, 2.05) is 0 Å². The van der Waals surface area contributed by atoms with Crippen LogP contribution in [0.3, 0.4) is 0 Å². The zero-order chi connectivity index (χ0) is 14.7. The van der Waals surface area contributed by atoms with Crippen molar-refractivity contribution in [3.63, 3.8) is 0 Å². The highest BCUT2D eigenvalue weighted by Crippen LogP contribution is 2.16. The Labute approximate surface area is 114 Å². The fourth-order valence-electron chi connectivity index (χ4n) is 0.975. The number of para-hydroxylation sites is 4. The van der Waals surface area contributed by atoms with Gasteiger partial charge in [0.2, 0.25) is 0 Å². The third-order valence-corrected chi connectivity index (χ3v) is 1.87. The number of benzene rings is 2. The highest BCUT2D eigenvalue weighted by Gasteiger charge is 1.88. The van der Waals surface area contributed by atoms with E-state index in [4.69, 9.17) is 21.7 Å². The Morgan fingerprint density at radius 2 is 1.00 bits per heavy atom. The molecule has 2 aromatic rings. The first-order valence-corrected chi connectivity index (χ1v) is 6.09. The van der Waals surface area contributed by atoms with E-state index < -0.39 is 0 Å². The Morgan fingerprint density at radius 3 is 1.16 bits per heavy atom. The molecule has 0 aliphatic carbocycles. The van der Waals surface area contributed by atoms with Gasteiger partial charge in [0.25, 0.3) is 0 Å². The van der Waals surface area contributed by atoms with Crippen molar-refractivity contribution in [3.8, 4) is 11.5 Å². The van der Waals surface area contributed by atoms with Gasteiger partial charge in [-0.1, -0.05) is 44.5 Å². The van der Waals surface area contributed by atoms with E-state index in [0.29, 0.717) is 11.4 Å². The molecule has 0 amide bonds. The topological polar surface area (TPSA) is 92.5 Å². The van der Waals surface area contributed by atoms with Gasteiger partial charge < -0.3 is 21.7 Å². The molecule has 0 bridgehead atoms. The maximum Gasteiger partial charge on any atom is 0.138 e. The predicted octanol–water partition coefficient (Wildman–Crippen LogP) is 3.37. The van der Waals surface area contributed by atoms with E-state index in [-0.39, 0.29) is 11.5 Å². The summed E-state index contributed by atoms with van der Waals surface area (Å²) in [7, 11) is 0. The lowest BCUT2D eigenvalue weighted by atomic mass is 10.3. The van der Waals surface area contributed by atoms with Crippen molar-refractivity contribution in [1.82, 2.24) is 0 Å². The summed E-state index contributed by atoms with van der Waals surface area (Å²) in [6, 6.07) is 13.4. The van der Waals surface area contributed by atoms with Crippen molar-refractivity contribution in [1.29, 1.82) is 0 Å². The van der Waals surface area contributed by atoms with Gasteiger partial charge in [-0.2, -0.15) is 0 Å². The van der Waals surface area contributed by atoms with E-state index in [1.54, 1.807) is 48.5 Å². The molecule has 0 aliphatic rings. The summed E-state index contributed by atoms with van der Waals surface area (Å²) in [5.41, 5.74) is 11.4. The molecule has 0 heterocycles. The zero-order valence-electron chi connectivity index (χ0n) is 11.4. The number of hydrogen-bond acceptors (Lipinski definition) is 4. The average molecular weight is 262 g/mol. The Morgan fingerprint density at radius 1 is 0.737 bits per heavy atom.